The van der Waals surface area contributed by atoms with Crippen LogP contribution < -0.4 is 4.72 Å². The lowest BCUT2D eigenvalue weighted by atomic mass is 10.3. The molecule has 0 fully saturated rings. The maximum Gasteiger partial charge on any atom is 0.240 e. The quantitative estimate of drug-likeness (QED) is 0.727. The Kier molecular flexibility index (Phi) is 4.82. The number of hydrogen-bond acceptors (Lipinski definition) is 4. The van der Waals surface area contributed by atoms with Gasteiger partial charge in [0.15, 0.2) is 0 Å². The maximum atomic E-state index is 12.1. The Balaban J connectivity index is 1.60. The van der Waals surface area contributed by atoms with Crippen molar-refractivity contribution in [3.05, 3.63) is 59.1 Å². The second-order valence-electron chi connectivity index (χ2n) is 4.79. The van der Waals surface area contributed by atoms with Crippen molar-refractivity contribution >= 4 is 33.0 Å². The van der Waals surface area contributed by atoms with E-state index in [0.29, 0.717) is 11.6 Å². The number of sulfonamides is 1. The Bertz CT molecular complexity index is 872. The normalized spacial score (nSPS) is 11.7. The molecule has 8 heteroatoms. The van der Waals surface area contributed by atoms with Gasteiger partial charge in [-0.3, -0.25) is 4.68 Å². The van der Waals surface area contributed by atoms with Crippen molar-refractivity contribution in [2.75, 3.05) is 6.54 Å². The topological polar surface area (TPSA) is 64.0 Å². The number of halogens is 1. The van der Waals surface area contributed by atoms with Crippen LogP contribution in [-0.4, -0.2) is 24.7 Å². The zero-order valence-corrected chi connectivity index (χ0v) is 14.4. The van der Waals surface area contributed by atoms with Gasteiger partial charge < -0.3 is 0 Å². The molecule has 0 amide bonds. The van der Waals surface area contributed by atoms with E-state index in [2.05, 4.69) is 9.82 Å². The van der Waals surface area contributed by atoms with Crippen LogP contribution in [0.4, 0.5) is 0 Å². The number of rotatable bonds is 6. The van der Waals surface area contributed by atoms with Gasteiger partial charge >= 0.3 is 0 Å². The van der Waals surface area contributed by atoms with Crippen molar-refractivity contribution in [1.29, 1.82) is 0 Å². The molecule has 0 aliphatic heterocycles. The van der Waals surface area contributed by atoms with Crippen LogP contribution in [0.15, 0.2) is 58.9 Å². The Labute approximate surface area is 143 Å². The Hall–Kier alpha value is -1.67. The molecule has 0 aliphatic carbocycles. The molecule has 0 saturated carbocycles. The summed E-state index contributed by atoms with van der Waals surface area (Å²) in [4.78, 5) is 1.28. The minimum absolute atomic E-state index is 0.196. The third-order valence-electron chi connectivity index (χ3n) is 3.17. The average molecular weight is 368 g/mol. The molecule has 2 heterocycles. The van der Waals surface area contributed by atoms with E-state index in [1.54, 1.807) is 28.2 Å². The highest BCUT2D eigenvalue weighted by molar-refractivity contribution is 7.89. The highest BCUT2D eigenvalue weighted by Crippen LogP contribution is 2.22. The molecule has 5 nitrogen and oxygen atoms in total. The molecule has 3 rings (SSSR count). The lowest BCUT2D eigenvalue weighted by Gasteiger charge is -2.07. The lowest BCUT2D eigenvalue weighted by Crippen LogP contribution is -2.27. The molecule has 2 aromatic heterocycles. The zero-order valence-electron chi connectivity index (χ0n) is 12.0. The third-order valence-corrected chi connectivity index (χ3v) is 5.79. The van der Waals surface area contributed by atoms with Gasteiger partial charge in [-0.05, 0) is 41.8 Å². The van der Waals surface area contributed by atoms with E-state index in [4.69, 9.17) is 11.6 Å². The van der Waals surface area contributed by atoms with Gasteiger partial charge in [0.2, 0.25) is 10.0 Å². The van der Waals surface area contributed by atoms with Crippen molar-refractivity contribution in [2.45, 2.75) is 11.4 Å². The monoisotopic (exact) mass is 367 g/mol. The van der Waals surface area contributed by atoms with Crippen LogP contribution in [0.1, 0.15) is 0 Å². The smallest absolute Gasteiger partial charge is 0.240 e. The summed E-state index contributed by atoms with van der Waals surface area (Å²) in [5, 5.41) is 6.93. The standard InChI is InChI=1S/C15H14ClN3O2S2/c16-12-3-5-13(6-4-12)23(20,21)17-8-10-19-9-7-14(18-19)15-2-1-11-22-15/h1-7,9,11,17H,8,10H2. The minimum atomic E-state index is -3.53. The third kappa shape index (κ3) is 4.00. The fourth-order valence-corrected chi connectivity index (χ4v) is 3.87. The summed E-state index contributed by atoms with van der Waals surface area (Å²) in [5.74, 6) is 0. The number of hydrogen-bond donors (Lipinski definition) is 1. The Morgan fingerprint density at radius 3 is 2.65 bits per heavy atom. The van der Waals surface area contributed by atoms with Crippen LogP contribution in [0.3, 0.4) is 0 Å². The van der Waals surface area contributed by atoms with E-state index in [1.165, 1.54) is 12.1 Å². The van der Waals surface area contributed by atoms with E-state index < -0.39 is 10.0 Å². The Morgan fingerprint density at radius 2 is 1.96 bits per heavy atom. The molecular weight excluding hydrogens is 354 g/mol. The fraction of sp³-hybridized carbons (Fsp3) is 0.133. The molecule has 0 saturated heterocycles. The summed E-state index contributed by atoms with van der Waals surface area (Å²) >= 11 is 7.38. The van der Waals surface area contributed by atoms with Crippen LogP contribution in [0.2, 0.25) is 5.02 Å². The summed E-state index contributed by atoms with van der Waals surface area (Å²) < 4.78 is 28.6. The van der Waals surface area contributed by atoms with Crippen LogP contribution in [0.5, 0.6) is 0 Å². The second kappa shape index (κ2) is 6.84. The van der Waals surface area contributed by atoms with Gasteiger partial charge in [0.1, 0.15) is 5.69 Å². The molecule has 0 atom stereocenters. The first-order chi connectivity index (χ1) is 11.0. The van der Waals surface area contributed by atoms with Crippen LogP contribution in [0.25, 0.3) is 10.6 Å². The Morgan fingerprint density at radius 1 is 1.17 bits per heavy atom. The van der Waals surface area contributed by atoms with Crippen molar-refractivity contribution in [3.63, 3.8) is 0 Å². The molecule has 0 aliphatic rings. The number of thiophene rings is 1. The SMILES string of the molecule is O=S(=O)(NCCn1ccc(-c2cccs2)n1)c1ccc(Cl)cc1. The van der Waals surface area contributed by atoms with Crippen molar-refractivity contribution in [2.24, 2.45) is 0 Å². The first-order valence-electron chi connectivity index (χ1n) is 6.87. The lowest BCUT2D eigenvalue weighted by molar-refractivity contribution is 0.561. The molecule has 1 N–H and O–H groups in total. The molecule has 3 aromatic rings. The van der Waals surface area contributed by atoms with Gasteiger partial charge in [-0.1, -0.05) is 17.7 Å². The van der Waals surface area contributed by atoms with Crippen LogP contribution >= 0.6 is 22.9 Å². The number of benzene rings is 1. The molecule has 0 radical (unpaired) electrons. The first-order valence-corrected chi connectivity index (χ1v) is 9.61. The van der Waals surface area contributed by atoms with E-state index in [-0.39, 0.29) is 11.4 Å². The van der Waals surface area contributed by atoms with Gasteiger partial charge in [0.25, 0.3) is 0 Å². The summed E-state index contributed by atoms with van der Waals surface area (Å²) in [5.41, 5.74) is 0.889. The van der Waals surface area contributed by atoms with E-state index in [0.717, 1.165) is 10.6 Å². The molecule has 1 aromatic carbocycles. The maximum absolute atomic E-state index is 12.1. The highest BCUT2D eigenvalue weighted by Gasteiger charge is 2.13. The fourth-order valence-electron chi connectivity index (χ4n) is 2.03. The first kappa shape index (κ1) is 16.2. The van der Waals surface area contributed by atoms with Gasteiger partial charge in [0.05, 0.1) is 16.3 Å². The molecule has 0 spiro atoms. The van der Waals surface area contributed by atoms with E-state index in [9.17, 15) is 8.42 Å². The van der Waals surface area contributed by atoms with Crippen LogP contribution in [0, 0.1) is 0 Å². The van der Waals surface area contributed by atoms with E-state index >= 15 is 0 Å². The number of aromatic nitrogens is 2. The van der Waals surface area contributed by atoms with Crippen LogP contribution in [-0.2, 0) is 16.6 Å². The van der Waals surface area contributed by atoms with Gasteiger partial charge in [-0.25, -0.2) is 13.1 Å². The summed E-state index contributed by atoms with van der Waals surface area (Å²) in [6.07, 6.45) is 1.84. The molecule has 0 unspecified atom stereocenters. The highest BCUT2D eigenvalue weighted by atomic mass is 35.5. The largest absolute Gasteiger partial charge is 0.271 e. The summed E-state index contributed by atoms with van der Waals surface area (Å²) in [6.45, 7) is 0.717. The van der Waals surface area contributed by atoms with E-state index in [1.807, 2.05) is 29.8 Å². The molecule has 23 heavy (non-hydrogen) atoms. The van der Waals surface area contributed by atoms with Gasteiger partial charge in [0, 0.05) is 17.8 Å². The minimum Gasteiger partial charge on any atom is -0.271 e. The second-order valence-corrected chi connectivity index (χ2v) is 7.94. The number of nitrogens with one attached hydrogen (secondary N) is 1. The van der Waals surface area contributed by atoms with Crippen molar-refractivity contribution in [3.8, 4) is 10.6 Å². The molecular formula is C15H14ClN3O2S2. The molecule has 120 valence electrons. The van der Waals surface area contributed by atoms with Crippen molar-refractivity contribution in [1.82, 2.24) is 14.5 Å². The number of nitrogens with zero attached hydrogens (tertiary/aromatic N) is 2. The predicted molar refractivity (Wildman–Crippen MR) is 92.2 cm³/mol. The summed E-state index contributed by atoms with van der Waals surface area (Å²) in [6, 6.07) is 12.0. The summed E-state index contributed by atoms with van der Waals surface area (Å²) in [7, 11) is -3.53. The average Bonchev–Trinajstić information content (AvgIpc) is 3.18. The van der Waals surface area contributed by atoms with Gasteiger partial charge in [-0.15, -0.1) is 11.3 Å². The zero-order chi connectivity index (χ0) is 16.3. The van der Waals surface area contributed by atoms with Gasteiger partial charge in [-0.2, -0.15) is 5.10 Å². The van der Waals surface area contributed by atoms with Crippen molar-refractivity contribution < 1.29 is 8.42 Å². The predicted octanol–water partition coefficient (Wildman–Crippen LogP) is 3.24. The molecule has 0 bridgehead atoms.